The molecule has 0 aromatic heterocycles. The molecule has 0 aliphatic heterocycles. The zero-order chi connectivity index (χ0) is 12.9. The van der Waals surface area contributed by atoms with E-state index >= 15 is 0 Å². The van der Waals surface area contributed by atoms with E-state index in [2.05, 4.69) is 5.32 Å². The first-order valence-corrected chi connectivity index (χ1v) is 5.99. The van der Waals surface area contributed by atoms with Crippen molar-refractivity contribution in [2.75, 3.05) is 6.54 Å². The van der Waals surface area contributed by atoms with Crippen LogP contribution in [0.2, 0.25) is 0 Å². The highest BCUT2D eigenvalue weighted by Gasteiger charge is 2.45. The zero-order valence-corrected chi connectivity index (χ0v) is 9.72. The summed E-state index contributed by atoms with van der Waals surface area (Å²) in [5.41, 5.74) is 4.96. The predicted octanol–water partition coefficient (Wildman–Crippen LogP) is 1.96. The Morgan fingerprint density at radius 3 is 2.53 bits per heavy atom. The second-order valence-corrected chi connectivity index (χ2v) is 4.56. The summed E-state index contributed by atoms with van der Waals surface area (Å²) in [6.07, 6.45) is -1.17. The van der Waals surface area contributed by atoms with Crippen molar-refractivity contribution >= 4 is 5.91 Å². The van der Waals surface area contributed by atoms with E-state index < -0.39 is 24.0 Å². The number of hydrogen-bond acceptors (Lipinski definition) is 2. The molecule has 0 heterocycles. The number of hydrogen-bond donors (Lipinski definition) is 2. The SMILES string of the molecule is NC(=O)CCCNC1CCCCC1C(F)(F)F. The maximum Gasteiger partial charge on any atom is 0.393 e. The van der Waals surface area contributed by atoms with Gasteiger partial charge in [0.2, 0.25) is 5.91 Å². The second-order valence-electron chi connectivity index (χ2n) is 4.56. The third-order valence-corrected chi connectivity index (χ3v) is 3.19. The lowest BCUT2D eigenvalue weighted by atomic mass is 9.84. The lowest BCUT2D eigenvalue weighted by molar-refractivity contribution is -0.188. The number of halogens is 3. The van der Waals surface area contributed by atoms with Crippen molar-refractivity contribution < 1.29 is 18.0 Å². The van der Waals surface area contributed by atoms with Gasteiger partial charge < -0.3 is 11.1 Å². The molecule has 0 spiro atoms. The third kappa shape index (κ3) is 4.93. The number of carbonyl (C=O) groups is 1. The van der Waals surface area contributed by atoms with Crippen molar-refractivity contribution in [1.82, 2.24) is 5.32 Å². The Hall–Kier alpha value is -0.780. The molecule has 3 nitrogen and oxygen atoms in total. The number of nitrogens with two attached hydrogens (primary N) is 1. The van der Waals surface area contributed by atoms with Gasteiger partial charge in [-0.15, -0.1) is 0 Å². The molecule has 2 atom stereocenters. The number of primary amides is 1. The Kier molecular flexibility index (Phi) is 5.24. The molecule has 1 aliphatic carbocycles. The average Bonchev–Trinajstić information content (AvgIpc) is 2.23. The molecule has 0 aromatic carbocycles. The number of rotatable bonds is 5. The van der Waals surface area contributed by atoms with Crippen LogP contribution < -0.4 is 11.1 Å². The monoisotopic (exact) mass is 252 g/mol. The fraction of sp³-hybridized carbons (Fsp3) is 0.909. The van der Waals surface area contributed by atoms with E-state index in [1.807, 2.05) is 0 Å². The molecule has 17 heavy (non-hydrogen) atoms. The third-order valence-electron chi connectivity index (χ3n) is 3.19. The maximum atomic E-state index is 12.7. The summed E-state index contributed by atoms with van der Waals surface area (Å²) in [6.45, 7) is 0.417. The number of alkyl halides is 3. The molecule has 1 rings (SSSR count). The van der Waals surface area contributed by atoms with Crippen molar-refractivity contribution in [1.29, 1.82) is 0 Å². The Morgan fingerprint density at radius 2 is 1.94 bits per heavy atom. The normalized spacial score (nSPS) is 25.8. The van der Waals surface area contributed by atoms with Gasteiger partial charge in [-0.1, -0.05) is 12.8 Å². The summed E-state index contributed by atoms with van der Waals surface area (Å²) in [5, 5.41) is 2.91. The summed E-state index contributed by atoms with van der Waals surface area (Å²) in [4.78, 5) is 10.5. The molecule has 1 aliphatic rings. The summed E-state index contributed by atoms with van der Waals surface area (Å²) in [7, 11) is 0. The van der Waals surface area contributed by atoms with Crippen molar-refractivity contribution in [3.8, 4) is 0 Å². The highest BCUT2D eigenvalue weighted by atomic mass is 19.4. The van der Waals surface area contributed by atoms with E-state index in [1.54, 1.807) is 0 Å². The highest BCUT2D eigenvalue weighted by Crippen LogP contribution is 2.37. The van der Waals surface area contributed by atoms with Crippen molar-refractivity contribution in [2.24, 2.45) is 11.7 Å². The Bertz CT molecular complexity index is 256. The number of carbonyl (C=O) groups excluding carboxylic acids is 1. The van der Waals surface area contributed by atoms with Gasteiger partial charge in [0.25, 0.3) is 0 Å². The summed E-state index contributed by atoms with van der Waals surface area (Å²) < 4.78 is 38.1. The zero-order valence-electron chi connectivity index (χ0n) is 9.72. The topological polar surface area (TPSA) is 55.1 Å². The molecule has 6 heteroatoms. The second kappa shape index (κ2) is 6.23. The lowest BCUT2D eigenvalue weighted by Crippen LogP contribution is -2.45. The fourth-order valence-electron chi connectivity index (χ4n) is 2.32. The number of amides is 1. The van der Waals surface area contributed by atoms with Crippen LogP contribution in [0.4, 0.5) is 13.2 Å². The molecule has 3 N–H and O–H groups in total. The molecule has 1 amide bonds. The van der Waals surface area contributed by atoms with Gasteiger partial charge in [0.15, 0.2) is 0 Å². The molecule has 1 saturated carbocycles. The molecule has 0 saturated heterocycles. The van der Waals surface area contributed by atoms with Gasteiger partial charge >= 0.3 is 6.18 Å². The first-order chi connectivity index (χ1) is 7.91. The van der Waals surface area contributed by atoms with Gasteiger partial charge in [0, 0.05) is 12.5 Å². The molecule has 0 aromatic rings. The van der Waals surface area contributed by atoms with Crippen LogP contribution in [-0.4, -0.2) is 24.7 Å². The first-order valence-electron chi connectivity index (χ1n) is 5.99. The van der Waals surface area contributed by atoms with Gasteiger partial charge in [0.1, 0.15) is 0 Å². The molecule has 2 unspecified atom stereocenters. The molecule has 1 fully saturated rings. The molecular weight excluding hydrogens is 233 g/mol. The summed E-state index contributed by atoms with van der Waals surface area (Å²) in [5.74, 6) is -1.66. The van der Waals surface area contributed by atoms with Crippen LogP contribution in [0, 0.1) is 5.92 Å². The van der Waals surface area contributed by atoms with Crippen LogP contribution in [0.25, 0.3) is 0 Å². The lowest BCUT2D eigenvalue weighted by Gasteiger charge is -2.33. The minimum atomic E-state index is -4.12. The van der Waals surface area contributed by atoms with Crippen LogP contribution in [0.5, 0.6) is 0 Å². The molecule has 0 radical (unpaired) electrons. The predicted molar refractivity (Wildman–Crippen MR) is 58.2 cm³/mol. The van der Waals surface area contributed by atoms with E-state index in [-0.39, 0.29) is 12.8 Å². The largest absolute Gasteiger partial charge is 0.393 e. The minimum Gasteiger partial charge on any atom is -0.370 e. The Balaban J connectivity index is 2.35. The molecule has 100 valence electrons. The molecular formula is C11H19F3N2O. The smallest absolute Gasteiger partial charge is 0.370 e. The van der Waals surface area contributed by atoms with Crippen LogP contribution in [-0.2, 0) is 4.79 Å². The Morgan fingerprint density at radius 1 is 1.29 bits per heavy atom. The molecule has 0 bridgehead atoms. The van der Waals surface area contributed by atoms with Gasteiger partial charge in [-0.3, -0.25) is 4.79 Å². The van der Waals surface area contributed by atoms with Gasteiger partial charge in [-0.05, 0) is 25.8 Å². The summed E-state index contributed by atoms with van der Waals surface area (Å²) in [6, 6.07) is -0.503. The van der Waals surface area contributed by atoms with E-state index in [9.17, 15) is 18.0 Å². The maximum absolute atomic E-state index is 12.7. The van der Waals surface area contributed by atoms with Gasteiger partial charge in [-0.2, -0.15) is 13.2 Å². The van der Waals surface area contributed by atoms with Crippen LogP contribution in [0.15, 0.2) is 0 Å². The minimum absolute atomic E-state index is 0.205. The first kappa shape index (κ1) is 14.3. The van der Waals surface area contributed by atoms with Crippen molar-refractivity contribution in [2.45, 2.75) is 50.7 Å². The van der Waals surface area contributed by atoms with E-state index in [4.69, 9.17) is 5.73 Å². The highest BCUT2D eigenvalue weighted by molar-refractivity contribution is 5.73. The van der Waals surface area contributed by atoms with Gasteiger partial charge in [0.05, 0.1) is 5.92 Å². The standard InChI is InChI=1S/C11H19F3N2O/c12-11(13,14)8-4-1-2-5-9(8)16-7-3-6-10(15)17/h8-9,16H,1-7H2,(H2,15,17). The van der Waals surface area contributed by atoms with Crippen LogP contribution >= 0.6 is 0 Å². The van der Waals surface area contributed by atoms with Crippen molar-refractivity contribution in [3.63, 3.8) is 0 Å². The van der Waals surface area contributed by atoms with E-state index in [1.165, 1.54) is 0 Å². The van der Waals surface area contributed by atoms with Gasteiger partial charge in [-0.25, -0.2) is 0 Å². The van der Waals surface area contributed by atoms with Crippen LogP contribution in [0.3, 0.4) is 0 Å². The quantitative estimate of drug-likeness (QED) is 0.735. The van der Waals surface area contributed by atoms with E-state index in [0.717, 1.165) is 6.42 Å². The van der Waals surface area contributed by atoms with Crippen LogP contribution in [0.1, 0.15) is 38.5 Å². The fourth-order valence-corrected chi connectivity index (χ4v) is 2.32. The summed E-state index contributed by atoms with van der Waals surface area (Å²) >= 11 is 0. The number of nitrogens with one attached hydrogen (secondary N) is 1. The Labute approximate surface area is 98.9 Å². The van der Waals surface area contributed by atoms with Crippen molar-refractivity contribution in [3.05, 3.63) is 0 Å². The average molecular weight is 252 g/mol. The van der Waals surface area contributed by atoms with E-state index in [0.29, 0.717) is 25.8 Å².